The predicted molar refractivity (Wildman–Crippen MR) is 83.0 cm³/mol. The summed E-state index contributed by atoms with van der Waals surface area (Å²) in [6, 6.07) is 0. The number of nitrogens with zero attached hydrogens (tertiary/aromatic N) is 5. The second-order valence-corrected chi connectivity index (χ2v) is 6.86. The van der Waals surface area contributed by atoms with E-state index in [0.717, 1.165) is 16.4 Å². The summed E-state index contributed by atoms with van der Waals surface area (Å²) in [5, 5.41) is 12.9. The molecule has 3 rings (SSSR count). The fraction of sp³-hybridized carbons (Fsp3) is 0.500. The Bertz CT molecular complexity index is 712. The number of hydrogen-bond acceptors (Lipinski definition) is 8. The molecular formula is C12H14N6O2S2. The lowest BCUT2D eigenvalue weighted by Gasteiger charge is -2.11. The van der Waals surface area contributed by atoms with Crippen molar-refractivity contribution in [3.63, 3.8) is 0 Å². The number of aryl methyl sites for hydroxylation is 2. The first-order chi connectivity index (χ1) is 10.6. The third kappa shape index (κ3) is 2.97. The molecule has 1 atom stereocenters. The van der Waals surface area contributed by atoms with Crippen LogP contribution < -0.4 is 10.2 Å². The Hall–Kier alpha value is -1.94. The zero-order chi connectivity index (χ0) is 15.7. The van der Waals surface area contributed by atoms with Gasteiger partial charge in [0.2, 0.25) is 22.9 Å². The Balaban J connectivity index is 1.67. The normalized spacial score (nSPS) is 18.0. The van der Waals surface area contributed by atoms with E-state index in [2.05, 4.69) is 24.9 Å². The van der Waals surface area contributed by atoms with Crippen molar-refractivity contribution in [2.75, 3.05) is 16.8 Å². The first-order valence-electron chi connectivity index (χ1n) is 6.80. The first kappa shape index (κ1) is 15.0. The molecule has 22 heavy (non-hydrogen) atoms. The number of rotatable bonds is 4. The summed E-state index contributed by atoms with van der Waals surface area (Å²) in [6.45, 7) is 4.11. The molecule has 0 aromatic carbocycles. The van der Waals surface area contributed by atoms with E-state index >= 15 is 0 Å². The molecule has 0 bridgehead atoms. The van der Waals surface area contributed by atoms with Gasteiger partial charge in [0.15, 0.2) is 0 Å². The van der Waals surface area contributed by atoms with Crippen molar-refractivity contribution >= 4 is 45.8 Å². The number of hydrogen-bond donors (Lipinski definition) is 1. The molecule has 1 saturated heterocycles. The summed E-state index contributed by atoms with van der Waals surface area (Å²) in [5.74, 6) is -0.483. The second-order valence-electron chi connectivity index (χ2n) is 4.86. The molecule has 0 radical (unpaired) electrons. The number of aromatic nitrogens is 4. The van der Waals surface area contributed by atoms with Gasteiger partial charge in [0, 0.05) is 13.0 Å². The maximum Gasteiger partial charge on any atom is 0.241 e. The van der Waals surface area contributed by atoms with Gasteiger partial charge in [-0.25, -0.2) is 4.98 Å². The second kappa shape index (κ2) is 6.05. The van der Waals surface area contributed by atoms with Gasteiger partial charge in [-0.15, -0.1) is 10.2 Å². The van der Waals surface area contributed by atoms with Gasteiger partial charge in [0.05, 0.1) is 5.92 Å². The van der Waals surface area contributed by atoms with Crippen LogP contribution in [0.3, 0.4) is 0 Å². The summed E-state index contributed by atoms with van der Waals surface area (Å²) in [5.41, 5.74) is 0. The summed E-state index contributed by atoms with van der Waals surface area (Å²) in [6.07, 6.45) is 0.939. The van der Waals surface area contributed by atoms with Crippen molar-refractivity contribution in [1.29, 1.82) is 0 Å². The molecule has 3 heterocycles. The lowest BCUT2D eigenvalue weighted by atomic mass is 10.1. The minimum atomic E-state index is -0.426. The fourth-order valence-electron chi connectivity index (χ4n) is 2.13. The fourth-order valence-corrected chi connectivity index (χ4v) is 3.36. The Morgan fingerprint density at radius 1 is 1.45 bits per heavy atom. The molecule has 2 aromatic heterocycles. The molecule has 1 fully saturated rings. The van der Waals surface area contributed by atoms with E-state index in [1.807, 2.05) is 13.8 Å². The van der Waals surface area contributed by atoms with Gasteiger partial charge in [-0.3, -0.25) is 19.8 Å². The quantitative estimate of drug-likeness (QED) is 0.900. The summed E-state index contributed by atoms with van der Waals surface area (Å²) < 4.78 is 4.02. The van der Waals surface area contributed by atoms with E-state index in [1.54, 1.807) is 0 Å². The van der Waals surface area contributed by atoms with Crippen LogP contribution >= 0.6 is 22.9 Å². The molecule has 0 saturated carbocycles. The lowest BCUT2D eigenvalue weighted by molar-refractivity contribution is -0.122. The van der Waals surface area contributed by atoms with Crippen LogP contribution in [0.15, 0.2) is 0 Å². The molecule has 0 spiro atoms. The molecule has 2 aromatic rings. The maximum atomic E-state index is 12.2. The van der Waals surface area contributed by atoms with E-state index < -0.39 is 5.92 Å². The van der Waals surface area contributed by atoms with Gasteiger partial charge in [0.1, 0.15) is 10.0 Å². The molecular weight excluding hydrogens is 324 g/mol. The number of carbonyl (C=O) groups is 2. The van der Waals surface area contributed by atoms with E-state index in [1.165, 1.54) is 27.8 Å². The number of nitrogens with one attached hydrogen (secondary N) is 1. The van der Waals surface area contributed by atoms with Crippen LogP contribution in [0.4, 0.5) is 11.1 Å². The monoisotopic (exact) mass is 338 g/mol. The van der Waals surface area contributed by atoms with Crippen LogP contribution in [0.25, 0.3) is 0 Å². The van der Waals surface area contributed by atoms with Crippen molar-refractivity contribution in [3.8, 4) is 0 Å². The van der Waals surface area contributed by atoms with Crippen molar-refractivity contribution in [3.05, 3.63) is 10.0 Å². The molecule has 0 aliphatic carbocycles. The molecule has 1 N–H and O–H groups in total. The van der Waals surface area contributed by atoms with E-state index in [9.17, 15) is 9.59 Å². The van der Waals surface area contributed by atoms with Gasteiger partial charge >= 0.3 is 0 Å². The topological polar surface area (TPSA) is 101 Å². The van der Waals surface area contributed by atoms with Gasteiger partial charge in [-0.05, 0) is 24.9 Å². The van der Waals surface area contributed by atoms with Crippen molar-refractivity contribution in [2.45, 2.75) is 26.7 Å². The van der Waals surface area contributed by atoms with Gasteiger partial charge in [-0.2, -0.15) is 4.37 Å². The summed E-state index contributed by atoms with van der Waals surface area (Å²) in [4.78, 5) is 29.9. The Morgan fingerprint density at radius 2 is 2.27 bits per heavy atom. The highest BCUT2D eigenvalue weighted by Crippen LogP contribution is 2.28. The van der Waals surface area contributed by atoms with Gasteiger partial charge in [0.25, 0.3) is 0 Å². The van der Waals surface area contributed by atoms with Crippen LogP contribution in [0.5, 0.6) is 0 Å². The minimum absolute atomic E-state index is 0.110. The van der Waals surface area contributed by atoms with E-state index in [4.69, 9.17) is 0 Å². The Morgan fingerprint density at radius 3 is 2.91 bits per heavy atom. The molecule has 8 nitrogen and oxygen atoms in total. The van der Waals surface area contributed by atoms with Crippen LogP contribution in [0, 0.1) is 12.8 Å². The van der Waals surface area contributed by atoms with E-state index in [-0.39, 0.29) is 18.2 Å². The summed E-state index contributed by atoms with van der Waals surface area (Å²) >= 11 is 2.61. The van der Waals surface area contributed by atoms with Crippen LogP contribution in [-0.2, 0) is 16.0 Å². The number of anilines is 2. The third-order valence-corrected chi connectivity index (χ3v) is 4.96. The first-order valence-corrected chi connectivity index (χ1v) is 8.39. The lowest BCUT2D eigenvalue weighted by Crippen LogP contribution is -2.28. The van der Waals surface area contributed by atoms with Crippen LogP contribution in [0.1, 0.15) is 23.4 Å². The van der Waals surface area contributed by atoms with Crippen LogP contribution in [-0.4, -0.2) is 37.9 Å². The summed E-state index contributed by atoms with van der Waals surface area (Å²) in [7, 11) is 0. The van der Waals surface area contributed by atoms with Crippen molar-refractivity contribution in [1.82, 2.24) is 19.6 Å². The molecule has 1 unspecified atom stereocenters. The van der Waals surface area contributed by atoms with Gasteiger partial charge < -0.3 is 0 Å². The minimum Gasteiger partial charge on any atom is -0.293 e. The van der Waals surface area contributed by atoms with Crippen molar-refractivity contribution in [2.24, 2.45) is 5.92 Å². The average molecular weight is 338 g/mol. The number of carbonyl (C=O) groups excluding carboxylic acids is 2. The molecule has 10 heteroatoms. The highest BCUT2D eigenvalue weighted by molar-refractivity contribution is 7.15. The van der Waals surface area contributed by atoms with Gasteiger partial charge in [-0.1, -0.05) is 18.3 Å². The predicted octanol–water partition coefficient (Wildman–Crippen LogP) is 1.25. The third-order valence-electron chi connectivity index (χ3n) is 3.25. The zero-order valence-electron chi connectivity index (χ0n) is 12.1. The smallest absolute Gasteiger partial charge is 0.241 e. The SMILES string of the molecule is CCc1nnc(N2CC(C(=O)Nc3nsc(C)n3)CC2=O)s1. The highest BCUT2D eigenvalue weighted by atomic mass is 32.1. The molecule has 1 aliphatic rings. The van der Waals surface area contributed by atoms with Crippen molar-refractivity contribution < 1.29 is 9.59 Å². The molecule has 116 valence electrons. The largest absolute Gasteiger partial charge is 0.293 e. The molecule has 2 amide bonds. The van der Waals surface area contributed by atoms with E-state index in [0.29, 0.717) is 17.6 Å². The zero-order valence-corrected chi connectivity index (χ0v) is 13.7. The Labute approximate surface area is 134 Å². The highest BCUT2D eigenvalue weighted by Gasteiger charge is 2.37. The standard InChI is InChI=1S/C12H14N6O2S2/c1-3-8-15-16-12(21-8)18-5-7(4-9(18)19)10(20)14-11-13-6(2)22-17-11/h7H,3-5H2,1-2H3,(H,14,17,20). The number of amides is 2. The molecule has 1 aliphatic heterocycles. The Kier molecular flexibility index (Phi) is 4.12. The average Bonchev–Trinajstić information content (AvgIpc) is 3.18. The maximum absolute atomic E-state index is 12.2. The van der Waals surface area contributed by atoms with Crippen LogP contribution in [0.2, 0.25) is 0 Å².